The van der Waals surface area contributed by atoms with Gasteiger partial charge in [0.05, 0.1) is 0 Å². The number of allylic oxidation sites excluding steroid dienone is 1. The highest BCUT2D eigenvalue weighted by Crippen LogP contribution is 2.40. The number of nitrogens with zero attached hydrogens (tertiary/aromatic N) is 3. The summed E-state index contributed by atoms with van der Waals surface area (Å²) in [6, 6.07) is 11.6. The van der Waals surface area contributed by atoms with E-state index in [0.29, 0.717) is 23.2 Å². The molecule has 3 aromatic rings. The molecule has 0 saturated heterocycles. The number of primary amides is 1. The number of rotatable bonds is 6. The highest BCUT2D eigenvalue weighted by molar-refractivity contribution is 5.91. The molecule has 0 saturated carbocycles. The molecule has 0 spiro atoms. The van der Waals surface area contributed by atoms with Crippen LogP contribution in [-0.2, 0) is 16.6 Å². The number of carbonyl (C=O) groups is 1. The molecule has 0 aliphatic carbocycles. The SMILES string of the molecule is C/C(=C\Cc1cc(C(C)(C)CC(C)(C)C)cc(-n2nc3ccccc3n2)c1O)C(N)=O. The Balaban J connectivity index is 2.17. The number of carbonyl (C=O) groups excluding carboxylic acids is 1. The second-order valence-electron chi connectivity index (χ2n) is 10.1. The summed E-state index contributed by atoms with van der Waals surface area (Å²) in [6.07, 6.45) is 3.08. The lowest BCUT2D eigenvalue weighted by molar-refractivity contribution is -0.114. The molecule has 0 bridgehead atoms. The summed E-state index contributed by atoms with van der Waals surface area (Å²) in [6.45, 7) is 12.7. The van der Waals surface area contributed by atoms with Crippen molar-refractivity contribution in [2.24, 2.45) is 11.1 Å². The molecular weight excluding hydrogens is 388 g/mol. The first-order chi connectivity index (χ1) is 14.4. The van der Waals surface area contributed by atoms with E-state index in [1.54, 1.807) is 13.0 Å². The van der Waals surface area contributed by atoms with Gasteiger partial charge in [0.15, 0.2) is 0 Å². The van der Waals surface area contributed by atoms with Gasteiger partial charge < -0.3 is 10.8 Å². The maximum atomic E-state index is 11.4. The maximum absolute atomic E-state index is 11.4. The Kier molecular flexibility index (Phi) is 5.94. The molecule has 2 aromatic carbocycles. The van der Waals surface area contributed by atoms with Crippen LogP contribution in [-0.4, -0.2) is 26.0 Å². The quantitative estimate of drug-likeness (QED) is 0.559. The Bertz CT molecular complexity index is 1120. The lowest BCUT2D eigenvalue weighted by atomic mass is 9.72. The molecule has 0 atom stereocenters. The van der Waals surface area contributed by atoms with Gasteiger partial charge in [-0.1, -0.05) is 58.9 Å². The van der Waals surface area contributed by atoms with Crippen LogP contribution < -0.4 is 5.73 Å². The van der Waals surface area contributed by atoms with Crippen molar-refractivity contribution >= 4 is 16.9 Å². The van der Waals surface area contributed by atoms with Gasteiger partial charge in [-0.2, -0.15) is 0 Å². The molecule has 3 N–H and O–H groups in total. The zero-order chi connectivity index (χ0) is 23.0. The van der Waals surface area contributed by atoms with Gasteiger partial charge >= 0.3 is 0 Å². The lowest BCUT2D eigenvalue weighted by Crippen LogP contribution is -2.25. The van der Waals surface area contributed by atoms with E-state index in [1.165, 1.54) is 4.80 Å². The van der Waals surface area contributed by atoms with Gasteiger partial charge in [-0.15, -0.1) is 15.0 Å². The molecule has 6 heteroatoms. The van der Waals surface area contributed by atoms with E-state index >= 15 is 0 Å². The number of fused-ring (bicyclic) bond motifs is 1. The number of aromatic hydroxyl groups is 1. The Morgan fingerprint density at radius 3 is 2.19 bits per heavy atom. The van der Waals surface area contributed by atoms with Crippen molar-refractivity contribution in [2.75, 3.05) is 0 Å². The standard InChI is InChI=1S/C25H32N4O2/c1-16(23(26)31)11-12-17-13-18(25(5,6)15-24(2,3)4)14-21(22(17)30)29-27-19-9-7-8-10-20(19)28-29/h7-11,13-14,30H,12,15H2,1-6H3,(H2,26,31)/b16-11+. The first-order valence-corrected chi connectivity index (χ1v) is 10.5. The van der Waals surface area contributed by atoms with Gasteiger partial charge in [-0.3, -0.25) is 4.79 Å². The van der Waals surface area contributed by atoms with E-state index in [1.807, 2.05) is 36.4 Å². The number of hydrogen-bond acceptors (Lipinski definition) is 4. The molecule has 0 aliphatic heterocycles. The fraction of sp³-hybridized carbons (Fsp3) is 0.400. The average Bonchev–Trinajstić information content (AvgIpc) is 3.08. The third-order valence-corrected chi connectivity index (χ3v) is 5.44. The number of benzene rings is 2. The van der Waals surface area contributed by atoms with Crippen LogP contribution in [0.5, 0.6) is 5.75 Å². The summed E-state index contributed by atoms with van der Waals surface area (Å²) in [4.78, 5) is 12.9. The Morgan fingerprint density at radius 1 is 1.10 bits per heavy atom. The van der Waals surface area contributed by atoms with Crippen molar-refractivity contribution in [3.05, 3.63) is 59.2 Å². The van der Waals surface area contributed by atoms with Crippen molar-refractivity contribution < 1.29 is 9.90 Å². The highest BCUT2D eigenvalue weighted by atomic mass is 16.3. The van der Waals surface area contributed by atoms with Crippen LogP contribution in [0.1, 0.15) is 59.1 Å². The van der Waals surface area contributed by atoms with Crippen molar-refractivity contribution in [1.29, 1.82) is 0 Å². The van der Waals surface area contributed by atoms with E-state index in [9.17, 15) is 9.90 Å². The molecule has 6 nitrogen and oxygen atoms in total. The summed E-state index contributed by atoms with van der Waals surface area (Å²) in [5, 5.41) is 20.2. The van der Waals surface area contributed by atoms with Crippen LogP contribution in [0, 0.1) is 5.41 Å². The first-order valence-electron chi connectivity index (χ1n) is 10.5. The predicted molar refractivity (Wildman–Crippen MR) is 124 cm³/mol. The van der Waals surface area contributed by atoms with Gasteiger partial charge in [-0.25, -0.2) is 0 Å². The van der Waals surface area contributed by atoms with E-state index in [0.717, 1.165) is 23.0 Å². The van der Waals surface area contributed by atoms with Crippen LogP contribution in [0.4, 0.5) is 0 Å². The van der Waals surface area contributed by atoms with E-state index in [4.69, 9.17) is 5.73 Å². The minimum Gasteiger partial charge on any atom is -0.505 e. The van der Waals surface area contributed by atoms with Gasteiger partial charge in [-0.05, 0) is 54.4 Å². The Morgan fingerprint density at radius 2 is 1.68 bits per heavy atom. The molecule has 0 aliphatic rings. The van der Waals surface area contributed by atoms with E-state index in [2.05, 4.69) is 44.8 Å². The molecule has 0 fully saturated rings. The average molecular weight is 421 g/mol. The van der Waals surface area contributed by atoms with Gasteiger partial charge in [0.25, 0.3) is 0 Å². The summed E-state index contributed by atoms with van der Waals surface area (Å²) in [5.74, 6) is -0.368. The summed E-state index contributed by atoms with van der Waals surface area (Å²) >= 11 is 0. The van der Waals surface area contributed by atoms with E-state index < -0.39 is 5.91 Å². The Labute approximate surface area is 183 Å². The maximum Gasteiger partial charge on any atom is 0.244 e. The van der Waals surface area contributed by atoms with Crippen LogP contribution in [0.15, 0.2) is 48.0 Å². The normalized spacial score (nSPS) is 13.0. The molecule has 3 rings (SSSR count). The van der Waals surface area contributed by atoms with Crippen molar-refractivity contribution in [3.63, 3.8) is 0 Å². The number of aromatic nitrogens is 3. The molecule has 0 unspecified atom stereocenters. The molecule has 1 aromatic heterocycles. The van der Waals surface area contributed by atoms with Crippen molar-refractivity contribution in [1.82, 2.24) is 15.0 Å². The smallest absolute Gasteiger partial charge is 0.244 e. The molecule has 0 radical (unpaired) electrons. The number of phenolic OH excluding ortho intramolecular Hbond substituents is 1. The minimum absolute atomic E-state index is 0.101. The van der Waals surface area contributed by atoms with Gasteiger partial charge in [0, 0.05) is 11.1 Å². The molecular formula is C25H32N4O2. The molecule has 164 valence electrons. The van der Waals surface area contributed by atoms with Crippen molar-refractivity contribution in [3.8, 4) is 11.4 Å². The number of hydrogen-bond donors (Lipinski definition) is 2. The fourth-order valence-corrected chi connectivity index (χ4v) is 4.14. The third kappa shape index (κ3) is 5.13. The zero-order valence-corrected chi connectivity index (χ0v) is 19.2. The second kappa shape index (κ2) is 8.17. The number of nitrogens with two attached hydrogens (primary N) is 1. The minimum atomic E-state index is -0.469. The first kappa shape index (κ1) is 22.5. The second-order valence-corrected chi connectivity index (χ2v) is 10.1. The van der Waals surface area contributed by atoms with Crippen LogP contribution in [0.25, 0.3) is 16.7 Å². The van der Waals surface area contributed by atoms with Crippen LogP contribution in [0.3, 0.4) is 0 Å². The zero-order valence-electron chi connectivity index (χ0n) is 19.2. The number of phenols is 1. The predicted octanol–water partition coefficient (Wildman–Crippen LogP) is 4.81. The van der Waals surface area contributed by atoms with E-state index in [-0.39, 0.29) is 16.6 Å². The largest absolute Gasteiger partial charge is 0.505 e. The molecule has 31 heavy (non-hydrogen) atoms. The summed E-state index contributed by atoms with van der Waals surface area (Å²) in [7, 11) is 0. The molecule has 1 heterocycles. The molecule has 1 amide bonds. The monoisotopic (exact) mass is 420 g/mol. The fourth-order valence-electron chi connectivity index (χ4n) is 4.14. The summed E-state index contributed by atoms with van der Waals surface area (Å²) < 4.78 is 0. The van der Waals surface area contributed by atoms with Gasteiger partial charge in [0.2, 0.25) is 5.91 Å². The highest BCUT2D eigenvalue weighted by Gasteiger charge is 2.29. The topological polar surface area (TPSA) is 94.0 Å². The summed E-state index contributed by atoms with van der Waals surface area (Å²) in [5.41, 5.74) is 9.64. The van der Waals surface area contributed by atoms with Gasteiger partial charge in [0.1, 0.15) is 22.5 Å². The lowest BCUT2D eigenvalue weighted by Gasteiger charge is -2.33. The Hall–Kier alpha value is -3.15. The number of amides is 1. The van der Waals surface area contributed by atoms with Crippen LogP contribution in [0.2, 0.25) is 0 Å². The van der Waals surface area contributed by atoms with Crippen LogP contribution >= 0.6 is 0 Å². The third-order valence-electron chi connectivity index (χ3n) is 5.44. The van der Waals surface area contributed by atoms with Crippen molar-refractivity contribution in [2.45, 2.75) is 59.8 Å².